The van der Waals surface area contributed by atoms with Crippen molar-refractivity contribution >= 4 is 22.7 Å². The number of pyridine rings is 1. The van der Waals surface area contributed by atoms with Crippen molar-refractivity contribution in [1.29, 1.82) is 0 Å². The maximum absolute atomic E-state index is 14.6. The van der Waals surface area contributed by atoms with Gasteiger partial charge < -0.3 is 14.8 Å². The van der Waals surface area contributed by atoms with Crippen molar-refractivity contribution in [2.75, 3.05) is 25.5 Å². The van der Waals surface area contributed by atoms with Crippen LogP contribution in [0.5, 0.6) is 0 Å². The van der Waals surface area contributed by atoms with Crippen LogP contribution in [-0.2, 0) is 6.54 Å². The fraction of sp³-hybridized carbons (Fsp3) is 0.429. The molecular weight excluding hydrogens is 485 g/mol. The van der Waals surface area contributed by atoms with E-state index >= 15 is 0 Å². The van der Waals surface area contributed by atoms with Gasteiger partial charge in [0.15, 0.2) is 11.5 Å². The van der Waals surface area contributed by atoms with Gasteiger partial charge in [-0.3, -0.25) is 9.59 Å². The first-order chi connectivity index (χ1) is 18.2. The first-order valence-electron chi connectivity index (χ1n) is 13.1. The third kappa shape index (κ3) is 4.64. The number of likely N-dealkylation sites (tertiary alicyclic amines) is 1. The number of hydrogen-bond acceptors (Lipinski definition) is 6. The third-order valence-corrected chi connectivity index (χ3v) is 7.45. The largest absolute Gasteiger partial charge is 0.324 e. The Kier molecular flexibility index (Phi) is 6.92. The highest BCUT2D eigenvalue weighted by Crippen LogP contribution is 2.31. The number of halogens is 1. The second-order valence-corrected chi connectivity index (χ2v) is 10.4. The monoisotopic (exact) mass is 519 g/mol. The molecule has 1 saturated heterocycles. The summed E-state index contributed by atoms with van der Waals surface area (Å²) in [5, 5.41) is 3.58. The fourth-order valence-electron chi connectivity index (χ4n) is 5.35. The summed E-state index contributed by atoms with van der Waals surface area (Å²) in [6, 6.07) is 7.19. The molecule has 0 amide bonds. The minimum Gasteiger partial charge on any atom is -0.324 e. The van der Waals surface area contributed by atoms with E-state index in [1.165, 1.54) is 26.6 Å². The maximum Gasteiger partial charge on any atom is 0.286 e. The Hall–Kier alpha value is -3.79. The van der Waals surface area contributed by atoms with Gasteiger partial charge in [-0.15, -0.1) is 0 Å². The van der Waals surface area contributed by atoms with Crippen LogP contribution in [0.3, 0.4) is 0 Å². The number of benzene rings is 1. The van der Waals surface area contributed by atoms with Crippen molar-refractivity contribution in [3.05, 3.63) is 74.3 Å². The van der Waals surface area contributed by atoms with Gasteiger partial charge in [0.25, 0.3) is 11.1 Å². The van der Waals surface area contributed by atoms with Crippen LogP contribution in [0.25, 0.3) is 16.7 Å². The number of nitrogens with zero attached hydrogens (tertiary/aromatic N) is 6. The molecule has 1 aliphatic rings. The van der Waals surface area contributed by atoms with Crippen LogP contribution in [-0.4, -0.2) is 48.9 Å². The van der Waals surface area contributed by atoms with Gasteiger partial charge in [0.1, 0.15) is 5.39 Å². The van der Waals surface area contributed by atoms with Crippen LogP contribution in [0, 0.1) is 12.7 Å². The van der Waals surface area contributed by atoms with E-state index in [9.17, 15) is 14.0 Å². The van der Waals surface area contributed by atoms with Crippen LogP contribution < -0.4 is 16.4 Å². The Morgan fingerprint density at radius 2 is 1.87 bits per heavy atom. The summed E-state index contributed by atoms with van der Waals surface area (Å²) in [5.74, 6) is -0.00470. The lowest BCUT2D eigenvalue weighted by atomic mass is 9.87. The minimum absolute atomic E-state index is 0.256. The molecule has 5 rings (SSSR count). The number of anilines is 2. The number of aromatic nitrogens is 5. The SMILES string of the molecule is CCn1c(=O)c2cnc(Nc3ccc(C4CCN(C)CC4)c(C)c3)nc2n1-c1cc(F)c(=O)n(C(C)C)c1. The summed E-state index contributed by atoms with van der Waals surface area (Å²) in [5.41, 5.74) is 3.12. The Morgan fingerprint density at radius 1 is 1.13 bits per heavy atom. The van der Waals surface area contributed by atoms with Gasteiger partial charge in [-0.05, 0) is 89.9 Å². The molecule has 0 saturated carbocycles. The summed E-state index contributed by atoms with van der Waals surface area (Å²) in [7, 11) is 2.17. The van der Waals surface area contributed by atoms with E-state index in [-0.39, 0.29) is 11.6 Å². The number of piperidine rings is 1. The van der Waals surface area contributed by atoms with Gasteiger partial charge in [0.2, 0.25) is 5.95 Å². The zero-order valence-electron chi connectivity index (χ0n) is 22.5. The standard InChI is InChI=1S/C28H34FN7O2/c1-6-35-26(37)23-15-30-28(31-20-7-8-22(18(4)13-20)19-9-11-33(5)12-10-19)32-25(23)36(35)21-14-24(29)27(38)34(16-21)17(2)3/h7-8,13-17,19H,6,9-12H2,1-5H3,(H,30,31,32). The van der Waals surface area contributed by atoms with Crippen molar-refractivity contribution in [2.45, 2.75) is 59.0 Å². The molecular formula is C28H34FN7O2. The smallest absolute Gasteiger partial charge is 0.286 e. The normalized spacial score (nSPS) is 15.0. The molecule has 38 heavy (non-hydrogen) atoms. The Labute approximate surface area is 220 Å². The maximum atomic E-state index is 14.6. The predicted octanol–water partition coefficient (Wildman–Crippen LogP) is 4.35. The molecule has 0 spiro atoms. The van der Waals surface area contributed by atoms with Crippen LogP contribution in [0.1, 0.15) is 56.7 Å². The Balaban J connectivity index is 1.54. The molecule has 0 atom stereocenters. The van der Waals surface area contributed by atoms with Crippen LogP contribution >= 0.6 is 0 Å². The molecule has 1 aromatic carbocycles. The third-order valence-electron chi connectivity index (χ3n) is 7.45. The topological polar surface area (TPSA) is 90.0 Å². The van der Waals surface area contributed by atoms with Gasteiger partial charge in [-0.2, -0.15) is 4.98 Å². The van der Waals surface area contributed by atoms with Gasteiger partial charge in [-0.1, -0.05) is 6.07 Å². The molecule has 0 aliphatic carbocycles. The summed E-state index contributed by atoms with van der Waals surface area (Å²) < 4.78 is 19.0. The molecule has 9 nitrogen and oxygen atoms in total. The first kappa shape index (κ1) is 25.8. The van der Waals surface area contributed by atoms with E-state index in [0.29, 0.717) is 35.1 Å². The van der Waals surface area contributed by atoms with E-state index in [0.717, 1.165) is 37.7 Å². The minimum atomic E-state index is -0.888. The van der Waals surface area contributed by atoms with E-state index < -0.39 is 11.4 Å². The average molecular weight is 520 g/mol. The van der Waals surface area contributed by atoms with E-state index in [2.05, 4.69) is 46.3 Å². The summed E-state index contributed by atoms with van der Waals surface area (Å²) in [6.07, 6.45) is 5.35. The molecule has 0 radical (unpaired) electrons. The zero-order chi connectivity index (χ0) is 27.1. The first-order valence-corrected chi connectivity index (χ1v) is 13.1. The molecule has 10 heteroatoms. The molecule has 0 unspecified atom stereocenters. The molecule has 200 valence electrons. The predicted molar refractivity (Wildman–Crippen MR) is 147 cm³/mol. The van der Waals surface area contributed by atoms with Crippen molar-refractivity contribution < 1.29 is 4.39 Å². The molecule has 3 aromatic heterocycles. The summed E-state index contributed by atoms with van der Waals surface area (Å²) in [6.45, 7) is 10.1. The van der Waals surface area contributed by atoms with Crippen LogP contribution in [0.15, 0.2) is 46.2 Å². The molecule has 0 bridgehead atoms. The molecule has 4 heterocycles. The molecule has 4 aromatic rings. The highest BCUT2D eigenvalue weighted by Gasteiger charge is 2.21. The lowest BCUT2D eigenvalue weighted by Gasteiger charge is -2.30. The van der Waals surface area contributed by atoms with Crippen LogP contribution in [0.4, 0.5) is 16.0 Å². The van der Waals surface area contributed by atoms with E-state index in [1.54, 1.807) is 24.7 Å². The highest BCUT2D eigenvalue weighted by molar-refractivity contribution is 5.77. The van der Waals surface area contributed by atoms with Crippen LogP contribution in [0.2, 0.25) is 0 Å². The second kappa shape index (κ2) is 10.2. The lowest BCUT2D eigenvalue weighted by Crippen LogP contribution is -2.29. The molecule has 1 fully saturated rings. The summed E-state index contributed by atoms with van der Waals surface area (Å²) in [4.78, 5) is 36.9. The lowest BCUT2D eigenvalue weighted by molar-refractivity contribution is 0.255. The summed E-state index contributed by atoms with van der Waals surface area (Å²) >= 11 is 0. The molecule has 1 aliphatic heterocycles. The van der Waals surface area contributed by atoms with Crippen molar-refractivity contribution in [3.8, 4) is 5.69 Å². The Morgan fingerprint density at radius 3 is 2.53 bits per heavy atom. The van der Waals surface area contributed by atoms with Gasteiger partial charge >= 0.3 is 0 Å². The molecule has 1 N–H and O–H groups in total. The number of hydrogen-bond donors (Lipinski definition) is 1. The van der Waals surface area contributed by atoms with E-state index in [4.69, 9.17) is 0 Å². The van der Waals surface area contributed by atoms with Crippen molar-refractivity contribution in [3.63, 3.8) is 0 Å². The Bertz CT molecular complexity index is 1610. The number of fused-ring (bicyclic) bond motifs is 1. The number of nitrogens with one attached hydrogen (secondary N) is 1. The van der Waals surface area contributed by atoms with Gasteiger partial charge in [0, 0.05) is 36.7 Å². The van der Waals surface area contributed by atoms with Gasteiger partial charge in [0.05, 0.1) is 5.69 Å². The quantitative estimate of drug-likeness (QED) is 0.408. The van der Waals surface area contributed by atoms with Gasteiger partial charge in [-0.25, -0.2) is 18.7 Å². The van der Waals surface area contributed by atoms with Crippen molar-refractivity contribution in [1.82, 2.24) is 28.8 Å². The average Bonchev–Trinajstić information content (AvgIpc) is 3.17. The zero-order valence-corrected chi connectivity index (χ0v) is 22.5. The highest BCUT2D eigenvalue weighted by atomic mass is 19.1. The van der Waals surface area contributed by atoms with E-state index in [1.807, 2.05) is 13.0 Å². The van der Waals surface area contributed by atoms with Crippen molar-refractivity contribution in [2.24, 2.45) is 0 Å². The fourth-order valence-corrected chi connectivity index (χ4v) is 5.35. The second-order valence-electron chi connectivity index (χ2n) is 10.4. The number of aryl methyl sites for hydroxylation is 1. The number of rotatable bonds is 6.